The summed E-state index contributed by atoms with van der Waals surface area (Å²) >= 11 is 4.18. The van der Waals surface area contributed by atoms with Crippen molar-refractivity contribution >= 4 is 33.5 Å². The Morgan fingerprint density at radius 1 is 1.12 bits per heavy atom. The first-order valence-electron chi connectivity index (χ1n) is 4.59. The van der Waals surface area contributed by atoms with Gasteiger partial charge < -0.3 is 0 Å². The highest BCUT2D eigenvalue weighted by atomic mass is 32.2. The molecule has 5 heteroatoms. The van der Waals surface area contributed by atoms with Crippen molar-refractivity contribution < 1.29 is 13.0 Å². The van der Waals surface area contributed by atoms with E-state index in [9.17, 15) is 8.42 Å². The van der Waals surface area contributed by atoms with E-state index in [4.69, 9.17) is 4.55 Å². The summed E-state index contributed by atoms with van der Waals surface area (Å²) in [4.78, 5) is 0.691. The van der Waals surface area contributed by atoms with Gasteiger partial charge in [0.2, 0.25) is 0 Å². The van der Waals surface area contributed by atoms with E-state index in [1.807, 2.05) is 12.1 Å². The minimum atomic E-state index is -4.16. The van der Waals surface area contributed by atoms with E-state index < -0.39 is 10.1 Å². The number of hydrogen-bond donors (Lipinski definition) is 2. The first-order chi connectivity index (χ1) is 7.38. The van der Waals surface area contributed by atoms with E-state index in [0.717, 1.165) is 15.7 Å². The highest BCUT2D eigenvalue weighted by Crippen LogP contribution is 2.25. The average molecular weight is 254 g/mol. The van der Waals surface area contributed by atoms with E-state index in [1.54, 1.807) is 19.1 Å². The van der Waals surface area contributed by atoms with Crippen molar-refractivity contribution in [2.45, 2.75) is 16.7 Å². The Bertz CT molecular complexity index is 660. The maximum absolute atomic E-state index is 11.1. The molecule has 0 saturated heterocycles. The Balaban J connectivity index is 2.84. The number of fused-ring (bicyclic) bond motifs is 1. The number of rotatable bonds is 1. The van der Waals surface area contributed by atoms with Crippen LogP contribution in [-0.4, -0.2) is 13.0 Å². The fourth-order valence-electron chi connectivity index (χ4n) is 1.66. The first kappa shape index (κ1) is 11.4. The van der Waals surface area contributed by atoms with Gasteiger partial charge in [-0.2, -0.15) is 8.42 Å². The Labute approximate surface area is 99.3 Å². The monoisotopic (exact) mass is 254 g/mol. The van der Waals surface area contributed by atoms with Crippen LogP contribution in [0.25, 0.3) is 10.8 Å². The van der Waals surface area contributed by atoms with Gasteiger partial charge in [0, 0.05) is 4.90 Å². The lowest BCUT2D eigenvalue weighted by Gasteiger charge is -2.05. The third kappa shape index (κ3) is 2.07. The van der Waals surface area contributed by atoms with Crippen LogP contribution < -0.4 is 0 Å². The molecule has 0 aliphatic heterocycles. The van der Waals surface area contributed by atoms with Crippen molar-refractivity contribution in [3.63, 3.8) is 0 Å². The quantitative estimate of drug-likeness (QED) is 0.607. The zero-order valence-corrected chi connectivity index (χ0v) is 10.2. The van der Waals surface area contributed by atoms with E-state index in [2.05, 4.69) is 12.6 Å². The van der Waals surface area contributed by atoms with Gasteiger partial charge in [-0.25, -0.2) is 0 Å². The van der Waals surface area contributed by atoms with Gasteiger partial charge >= 0.3 is 0 Å². The molecule has 0 bridgehead atoms. The van der Waals surface area contributed by atoms with Crippen molar-refractivity contribution in [3.05, 3.63) is 35.9 Å². The molecule has 2 rings (SSSR count). The summed E-state index contributed by atoms with van der Waals surface area (Å²) in [6.07, 6.45) is 0. The van der Waals surface area contributed by atoms with Gasteiger partial charge in [-0.3, -0.25) is 4.55 Å². The Hall–Kier alpha value is -1.04. The molecular formula is C11H10O3S2. The molecule has 2 aromatic carbocycles. The molecule has 2 aromatic rings. The summed E-state index contributed by atoms with van der Waals surface area (Å²) in [7, 11) is -4.16. The second-order valence-corrected chi connectivity index (χ2v) is 5.53. The molecule has 0 atom stereocenters. The van der Waals surface area contributed by atoms with Gasteiger partial charge in [0.25, 0.3) is 10.1 Å². The minimum Gasteiger partial charge on any atom is -0.282 e. The topological polar surface area (TPSA) is 54.4 Å². The molecule has 1 N–H and O–H groups in total. The molecule has 0 amide bonds. The molecule has 16 heavy (non-hydrogen) atoms. The average Bonchev–Trinajstić information content (AvgIpc) is 2.16. The minimum absolute atomic E-state index is 0.0565. The third-order valence-electron chi connectivity index (χ3n) is 2.40. The van der Waals surface area contributed by atoms with Crippen molar-refractivity contribution in [3.8, 4) is 0 Å². The lowest BCUT2D eigenvalue weighted by molar-refractivity contribution is 0.482. The summed E-state index contributed by atoms with van der Waals surface area (Å²) in [6, 6.07) is 8.63. The molecular weight excluding hydrogens is 244 g/mol. The molecule has 0 spiro atoms. The van der Waals surface area contributed by atoms with Crippen LogP contribution in [0.4, 0.5) is 0 Å². The standard InChI is InChI=1S/C11H10O3S2/c1-7-4-8-2-3-10(15)5-9(8)6-11(7)16(12,13)14/h2-6,15H,1H3,(H,12,13,14). The smallest absolute Gasteiger partial charge is 0.282 e. The zero-order chi connectivity index (χ0) is 11.9. The van der Waals surface area contributed by atoms with Gasteiger partial charge in [-0.05, 0) is 41.5 Å². The Morgan fingerprint density at radius 2 is 1.81 bits per heavy atom. The van der Waals surface area contributed by atoms with Crippen LogP contribution in [0.15, 0.2) is 40.1 Å². The molecule has 0 aliphatic carbocycles. The van der Waals surface area contributed by atoms with Crippen molar-refractivity contribution in [1.29, 1.82) is 0 Å². The summed E-state index contributed by atoms with van der Waals surface area (Å²) in [6.45, 7) is 1.65. The molecule has 0 aliphatic rings. The molecule has 0 radical (unpaired) electrons. The SMILES string of the molecule is Cc1cc2ccc(S)cc2cc1S(=O)(=O)O. The van der Waals surface area contributed by atoms with Crippen LogP contribution in [0.2, 0.25) is 0 Å². The van der Waals surface area contributed by atoms with Crippen LogP contribution in [-0.2, 0) is 10.1 Å². The van der Waals surface area contributed by atoms with Gasteiger partial charge in [0.1, 0.15) is 0 Å². The number of aryl methyl sites for hydroxylation is 1. The number of hydrogen-bond acceptors (Lipinski definition) is 3. The predicted molar refractivity (Wildman–Crippen MR) is 65.8 cm³/mol. The fraction of sp³-hybridized carbons (Fsp3) is 0.0909. The van der Waals surface area contributed by atoms with Crippen LogP contribution in [0.3, 0.4) is 0 Å². The van der Waals surface area contributed by atoms with Gasteiger partial charge in [0.15, 0.2) is 0 Å². The third-order valence-corrected chi connectivity index (χ3v) is 3.67. The van der Waals surface area contributed by atoms with Crippen LogP contribution in [0.5, 0.6) is 0 Å². The molecule has 0 heterocycles. The summed E-state index contributed by atoms with van der Waals surface area (Å²) < 4.78 is 31.3. The molecule has 0 unspecified atom stereocenters. The van der Waals surface area contributed by atoms with Gasteiger partial charge in [0.05, 0.1) is 4.90 Å². The maximum atomic E-state index is 11.1. The summed E-state index contributed by atoms with van der Waals surface area (Å²) in [5, 5.41) is 1.66. The van der Waals surface area contributed by atoms with Crippen LogP contribution in [0.1, 0.15) is 5.56 Å². The first-order valence-corrected chi connectivity index (χ1v) is 6.47. The highest BCUT2D eigenvalue weighted by molar-refractivity contribution is 7.85. The number of thiol groups is 1. The summed E-state index contributed by atoms with van der Waals surface area (Å²) in [5.41, 5.74) is 0.530. The predicted octanol–water partition coefficient (Wildman–Crippen LogP) is 2.68. The fourth-order valence-corrected chi connectivity index (χ4v) is 2.61. The lowest BCUT2D eigenvalue weighted by Crippen LogP contribution is -2.00. The molecule has 0 saturated carbocycles. The zero-order valence-electron chi connectivity index (χ0n) is 8.51. The summed E-state index contributed by atoms with van der Waals surface area (Å²) in [5.74, 6) is 0. The molecule has 0 aromatic heterocycles. The molecule has 84 valence electrons. The second-order valence-electron chi connectivity index (χ2n) is 3.62. The highest BCUT2D eigenvalue weighted by Gasteiger charge is 2.13. The Kier molecular flexibility index (Phi) is 2.69. The van der Waals surface area contributed by atoms with Gasteiger partial charge in [-0.15, -0.1) is 12.6 Å². The number of benzene rings is 2. The van der Waals surface area contributed by atoms with E-state index in [0.29, 0.717) is 5.56 Å². The van der Waals surface area contributed by atoms with E-state index in [-0.39, 0.29) is 4.90 Å². The van der Waals surface area contributed by atoms with Crippen molar-refractivity contribution in [2.24, 2.45) is 0 Å². The van der Waals surface area contributed by atoms with Crippen LogP contribution in [0, 0.1) is 6.92 Å². The second kappa shape index (κ2) is 3.76. The largest absolute Gasteiger partial charge is 0.294 e. The normalized spacial score (nSPS) is 11.9. The van der Waals surface area contributed by atoms with Crippen LogP contribution >= 0.6 is 12.6 Å². The van der Waals surface area contributed by atoms with Crippen molar-refractivity contribution in [1.82, 2.24) is 0 Å². The molecule has 0 fully saturated rings. The molecule has 3 nitrogen and oxygen atoms in total. The van der Waals surface area contributed by atoms with Gasteiger partial charge in [-0.1, -0.05) is 12.1 Å². The lowest BCUT2D eigenvalue weighted by atomic mass is 10.1. The Morgan fingerprint density at radius 3 is 2.44 bits per heavy atom. The maximum Gasteiger partial charge on any atom is 0.294 e. The van der Waals surface area contributed by atoms with E-state index in [1.165, 1.54) is 6.07 Å². The van der Waals surface area contributed by atoms with Crippen molar-refractivity contribution in [2.75, 3.05) is 0 Å². The van der Waals surface area contributed by atoms with E-state index >= 15 is 0 Å².